The van der Waals surface area contributed by atoms with Crippen molar-refractivity contribution in [2.75, 3.05) is 33.7 Å². The minimum absolute atomic E-state index is 0.124. The number of rotatable bonds is 3. The van der Waals surface area contributed by atoms with E-state index >= 15 is 0 Å². The molecule has 0 spiro atoms. The van der Waals surface area contributed by atoms with Gasteiger partial charge in [-0.1, -0.05) is 0 Å². The maximum absolute atomic E-state index is 13.4. The number of hydrogen-bond donors (Lipinski definition) is 0. The first-order chi connectivity index (χ1) is 8.97. The summed E-state index contributed by atoms with van der Waals surface area (Å²) >= 11 is 3.09. The van der Waals surface area contributed by atoms with E-state index < -0.39 is 5.82 Å². The van der Waals surface area contributed by atoms with Crippen LogP contribution in [-0.2, 0) is 0 Å². The van der Waals surface area contributed by atoms with Gasteiger partial charge in [0.1, 0.15) is 5.82 Å². The summed E-state index contributed by atoms with van der Waals surface area (Å²) in [6.45, 7) is 2.83. The lowest BCUT2D eigenvalue weighted by atomic mass is 10.1. The molecule has 0 bridgehead atoms. The molecule has 1 aromatic rings. The van der Waals surface area contributed by atoms with Crippen LogP contribution in [0.25, 0.3) is 0 Å². The average Bonchev–Trinajstić information content (AvgIpc) is 2.77. The Morgan fingerprint density at radius 2 is 2.32 bits per heavy atom. The molecule has 1 amide bonds. The van der Waals surface area contributed by atoms with E-state index in [0.29, 0.717) is 16.0 Å². The summed E-state index contributed by atoms with van der Waals surface area (Å²) < 4.78 is 13.8. The number of carbonyl (C=O) groups is 1. The molecule has 1 heterocycles. The van der Waals surface area contributed by atoms with E-state index in [-0.39, 0.29) is 5.91 Å². The molecule has 1 saturated heterocycles. The van der Waals surface area contributed by atoms with Gasteiger partial charge in [-0.3, -0.25) is 4.79 Å². The third-order valence-electron chi connectivity index (χ3n) is 3.53. The quantitative estimate of drug-likeness (QED) is 0.851. The van der Waals surface area contributed by atoms with Crippen LogP contribution in [0, 0.1) is 11.7 Å². The van der Waals surface area contributed by atoms with Gasteiger partial charge in [0, 0.05) is 25.7 Å². The maximum atomic E-state index is 13.4. The van der Waals surface area contributed by atoms with Crippen molar-refractivity contribution < 1.29 is 9.18 Å². The molecule has 5 heteroatoms. The van der Waals surface area contributed by atoms with Gasteiger partial charge >= 0.3 is 0 Å². The third-order valence-corrected chi connectivity index (χ3v) is 4.18. The molecule has 1 atom stereocenters. The SMILES string of the molecule is CN1CCC(CN(C)C(=O)c2ccc(Br)c(F)c2)C1. The lowest BCUT2D eigenvalue weighted by Crippen LogP contribution is -2.32. The van der Waals surface area contributed by atoms with E-state index in [1.807, 2.05) is 0 Å². The van der Waals surface area contributed by atoms with E-state index in [9.17, 15) is 9.18 Å². The van der Waals surface area contributed by atoms with Gasteiger partial charge in [0.25, 0.3) is 5.91 Å². The summed E-state index contributed by atoms with van der Waals surface area (Å²) in [6, 6.07) is 4.50. The van der Waals surface area contributed by atoms with Crippen LogP contribution in [0.15, 0.2) is 22.7 Å². The molecule has 0 saturated carbocycles. The fraction of sp³-hybridized carbons (Fsp3) is 0.500. The minimum Gasteiger partial charge on any atom is -0.341 e. The molecule has 1 aromatic carbocycles. The smallest absolute Gasteiger partial charge is 0.253 e. The van der Waals surface area contributed by atoms with E-state index in [0.717, 1.165) is 26.1 Å². The van der Waals surface area contributed by atoms with Gasteiger partial charge in [-0.05, 0) is 60.1 Å². The molecule has 2 rings (SSSR count). The molecular weight excluding hydrogens is 311 g/mol. The van der Waals surface area contributed by atoms with Crippen molar-refractivity contribution in [2.24, 2.45) is 5.92 Å². The Kier molecular flexibility index (Phi) is 4.58. The Balaban J connectivity index is 2.00. The number of hydrogen-bond acceptors (Lipinski definition) is 2. The topological polar surface area (TPSA) is 23.6 Å². The van der Waals surface area contributed by atoms with Crippen LogP contribution >= 0.6 is 15.9 Å². The van der Waals surface area contributed by atoms with Crippen LogP contribution in [0.1, 0.15) is 16.8 Å². The van der Waals surface area contributed by atoms with Crippen LogP contribution in [0.3, 0.4) is 0 Å². The zero-order valence-corrected chi connectivity index (χ0v) is 12.8. The Morgan fingerprint density at radius 1 is 1.58 bits per heavy atom. The number of carbonyl (C=O) groups excluding carboxylic acids is 1. The van der Waals surface area contributed by atoms with Gasteiger partial charge in [-0.2, -0.15) is 0 Å². The van der Waals surface area contributed by atoms with Gasteiger partial charge in [-0.15, -0.1) is 0 Å². The van der Waals surface area contributed by atoms with Gasteiger partial charge in [0.05, 0.1) is 4.47 Å². The standard InChI is InChI=1S/C14H18BrFN2O/c1-17-6-5-10(8-17)9-18(2)14(19)11-3-4-12(15)13(16)7-11/h3-4,7,10H,5-6,8-9H2,1-2H3. The lowest BCUT2D eigenvalue weighted by molar-refractivity contribution is 0.0773. The molecule has 1 unspecified atom stereocenters. The third kappa shape index (κ3) is 3.54. The monoisotopic (exact) mass is 328 g/mol. The van der Waals surface area contributed by atoms with Crippen LogP contribution in [-0.4, -0.2) is 49.4 Å². The van der Waals surface area contributed by atoms with Crippen LogP contribution < -0.4 is 0 Å². The molecule has 1 aliphatic heterocycles. The summed E-state index contributed by atoms with van der Waals surface area (Å²) in [5.74, 6) is -0.0138. The molecule has 19 heavy (non-hydrogen) atoms. The number of likely N-dealkylation sites (tertiary alicyclic amines) is 1. The molecule has 1 fully saturated rings. The fourth-order valence-corrected chi connectivity index (χ4v) is 2.74. The Hall–Kier alpha value is -0.940. The highest BCUT2D eigenvalue weighted by molar-refractivity contribution is 9.10. The zero-order valence-electron chi connectivity index (χ0n) is 11.2. The second kappa shape index (κ2) is 6.01. The Labute approximate surface area is 121 Å². The summed E-state index contributed by atoms with van der Waals surface area (Å²) in [6.07, 6.45) is 1.11. The Bertz CT molecular complexity index is 481. The summed E-state index contributed by atoms with van der Waals surface area (Å²) in [7, 11) is 3.87. The van der Waals surface area contributed by atoms with Crippen LogP contribution in [0.4, 0.5) is 4.39 Å². The molecule has 1 aliphatic rings. The zero-order chi connectivity index (χ0) is 14.0. The summed E-state index contributed by atoms with van der Waals surface area (Å²) in [5, 5.41) is 0. The van der Waals surface area contributed by atoms with Crippen molar-refractivity contribution in [2.45, 2.75) is 6.42 Å². The van der Waals surface area contributed by atoms with Crippen LogP contribution in [0.2, 0.25) is 0 Å². The van der Waals surface area contributed by atoms with E-state index in [1.165, 1.54) is 6.07 Å². The Morgan fingerprint density at radius 3 is 2.89 bits per heavy atom. The van der Waals surface area contributed by atoms with Gasteiger partial charge < -0.3 is 9.80 Å². The average molecular weight is 329 g/mol. The number of amides is 1. The van der Waals surface area contributed by atoms with Gasteiger partial charge in [-0.25, -0.2) is 4.39 Å². The number of benzene rings is 1. The molecule has 3 nitrogen and oxygen atoms in total. The van der Waals surface area contributed by atoms with Crippen LogP contribution in [0.5, 0.6) is 0 Å². The van der Waals surface area contributed by atoms with Crippen molar-refractivity contribution in [1.82, 2.24) is 9.80 Å². The molecule has 0 N–H and O–H groups in total. The largest absolute Gasteiger partial charge is 0.341 e. The molecule has 0 radical (unpaired) electrons. The molecule has 104 valence electrons. The number of halogens is 2. The van der Waals surface area contributed by atoms with E-state index in [1.54, 1.807) is 24.1 Å². The summed E-state index contributed by atoms with van der Waals surface area (Å²) in [4.78, 5) is 16.2. The highest BCUT2D eigenvalue weighted by Gasteiger charge is 2.23. The highest BCUT2D eigenvalue weighted by Crippen LogP contribution is 2.19. The highest BCUT2D eigenvalue weighted by atomic mass is 79.9. The maximum Gasteiger partial charge on any atom is 0.253 e. The van der Waals surface area contributed by atoms with Crippen molar-refractivity contribution in [3.63, 3.8) is 0 Å². The first-order valence-electron chi connectivity index (χ1n) is 6.36. The van der Waals surface area contributed by atoms with Gasteiger partial charge in [0.15, 0.2) is 0 Å². The van der Waals surface area contributed by atoms with Crippen molar-refractivity contribution in [1.29, 1.82) is 0 Å². The van der Waals surface area contributed by atoms with Gasteiger partial charge in [0.2, 0.25) is 0 Å². The van der Waals surface area contributed by atoms with E-state index in [4.69, 9.17) is 0 Å². The molecular formula is C14H18BrFN2O. The second-order valence-electron chi connectivity index (χ2n) is 5.23. The first kappa shape index (κ1) is 14.5. The second-order valence-corrected chi connectivity index (χ2v) is 6.09. The fourth-order valence-electron chi connectivity index (χ4n) is 2.50. The summed E-state index contributed by atoms with van der Waals surface area (Å²) in [5.41, 5.74) is 0.398. The normalized spacial score (nSPS) is 19.7. The minimum atomic E-state index is -0.403. The first-order valence-corrected chi connectivity index (χ1v) is 7.15. The predicted molar refractivity (Wildman–Crippen MR) is 76.7 cm³/mol. The number of nitrogens with zero attached hydrogens (tertiary/aromatic N) is 2. The predicted octanol–water partition coefficient (Wildman–Crippen LogP) is 2.61. The lowest BCUT2D eigenvalue weighted by Gasteiger charge is -2.21. The van der Waals surface area contributed by atoms with Crippen molar-refractivity contribution in [3.05, 3.63) is 34.1 Å². The van der Waals surface area contributed by atoms with Crippen molar-refractivity contribution in [3.8, 4) is 0 Å². The molecule has 0 aromatic heterocycles. The van der Waals surface area contributed by atoms with Crippen molar-refractivity contribution >= 4 is 21.8 Å². The van der Waals surface area contributed by atoms with E-state index in [2.05, 4.69) is 27.9 Å². The molecule has 0 aliphatic carbocycles.